The predicted molar refractivity (Wildman–Crippen MR) is 176 cm³/mol. The molecule has 0 bridgehead atoms. The van der Waals surface area contributed by atoms with E-state index < -0.39 is 14.4 Å². The number of carbonyl (C=O) groups is 2. The molecule has 2 aliphatic rings. The zero-order valence-corrected chi connectivity index (χ0v) is 27.1. The zero-order chi connectivity index (χ0) is 31.4. The number of hydrogen-bond acceptors (Lipinski definition) is 8. The number of fused-ring (bicyclic) bond motifs is 3. The van der Waals surface area contributed by atoms with Gasteiger partial charge in [0.25, 0.3) is 5.91 Å². The number of nitrogens with zero attached hydrogens (tertiary/aromatic N) is 2. The molecule has 3 aromatic carbocycles. The number of benzene rings is 3. The second kappa shape index (κ2) is 13.5. The number of amides is 2. The maximum absolute atomic E-state index is 13.2. The van der Waals surface area contributed by atoms with Crippen LogP contribution in [-0.2, 0) is 4.79 Å². The van der Waals surface area contributed by atoms with Gasteiger partial charge in [-0.15, -0.1) is 0 Å². The number of anilines is 1. The molecule has 2 aliphatic heterocycles. The van der Waals surface area contributed by atoms with Crippen LogP contribution in [0.3, 0.4) is 0 Å². The molecule has 3 aromatic rings. The number of aliphatic imine (C=N–C) groups is 1. The van der Waals surface area contributed by atoms with Crippen LogP contribution in [0.25, 0.3) is 0 Å². The lowest BCUT2D eigenvalue weighted by atomic mass is 9.99. The molecule has 12 heteroatoms. The summed E-state index contributed by atoms with van der Waals surface area (Å²) >= 11 is 6.20. The first-order valence-corrected chi connectivity index (χ1v) is 18.1. The van der Waals surface area contributed by atoms with Crippen LogP contribution in [0, 0.1) is 0 Å². The molecule has 0 spiro atoms. The standard InChI is InChI=1S/C32H39ClN6O4Si/c1-20-37-38-31-27(19-29(40)34-16-5-17-35-32(41)22-8-13-25(14-9-22)44(3,4)42)36-30(21-6-10-23(33)11-7-21)26-18-24(43-2)12-15-28(26)39(20)31/h6-15,18,20,27,31,37-38,42H,5,16-17,19H2,1-4H3,(H,34,40)(H,35,41). The molecule has 3 unspecified atom stereocenters. The van der Waals surface area contributed by atoms with Crippen LogP contribution in [0.4, 0.5) is 5.69 Å². The van der Waals surface area contributed by atoms with Crippen molar-refractivity contribution in [3.05, 3.63) is 88.4 Å². The third kappa shape index (κ3) is 7.14. The fourth-order valence-corrected chi connectivity index (χ4v) is 6.60. The summed E-state index contributed by atoms with van der Waals surface area (Å²) in [6.45, 7) is 6.57. The summed E-state index contributed by atoms with van der Waals surface area (Å²) in [7, 11) is -0.775. The number of carbonyl (C=O) groups excluding carboxylic acids is 2. The lowest BCUT2D eigenvalue weighted by Crippen LogP contribution is -2.47. The topological polar surface area (TPSA) is 127 Å². The molecule has 0 aromatic heterocycles. The van der Waals surface area contributed by atoms with Gasteiger partial charge in [-0.1, -0.05) is 35.9 Å². The van der Waals surface area contributed by atoms with Gasteiger partial charge in [0.15, 0.2) is 0 Å². The van der Waals surface area contributed by atoms with Crippen LogP contribution in [0.2, 0.25) is 18.1 Å². The summed E-state index contributed by atoms with van der Waals surface area (Å²) in [5.74, 6) is 0.399. The second-order valence-corrected chi connectivity index (χ2v) is 15.7. The van der Waals surface area contributed by atoms with E-state index in [1.165, 1.54) is 0 Å². The van der Waals surface area contributed by atoms with E-state index >= 15 is 0 Å². The Morgan fingerprint density at radius 1 is 1.02 bits per heavy atom. The van der Waals surface area contributed by atoms with Crippen LogP contribution in [-0.4, -0.2) is 69.2 Å². The van der Waals surface area contributed by atoms with Crippen LogP contribution >= 0.6 is 11.6 Å². The summed E-state index contributed by atoms with van der Waals surface area (Å²) in [5, 5.41) is 7.39. The fourth-order valence-electron chi connectivity index (χ4n) is 5.50. The van der Waals surface area contributed by atoms with Gasteiger partial charge in [0.1, 0.15) is 11.9 Å². The summed E-state index contributed by atoms with van der Waals surface area (Å²) in [5.41, 5.74) is 10.7. The normalized spacial score (nSPS) is 19.4. The third-order valence-corrected chi connectivity index (χ3v) is 9.88. The van der Waals surface area contributed by atoms with Gasteiger partial charge in [0, 0.05) is 40.5 Å². The summed E-state index contributed by atoms with van der Waals surface area (Å²) < 4.78 is 5.55. The third-order valence-electron chi connectivity index (χ3n) is 7.88. The summed E-state index contributed by atoms with van der Waals surface area (Å²) in [6.07, 6.45) is 0.425. The average Bonchev–Trinajstić information content (AvgIpc) is 3.33. The van der Waals surface area contributed by atoms with E-state index in [9.17, 15) is 14.4 Å². The largest absolute Gasteiger partial charge is 0.497 e. The van der Waals surface area contributed by atoms with Crippen LogP contribution < -0.4 is 36.3 Å². The SMILES string of the molecule is COc1ccc2c(c1)C(c1ccc(Cl)cc1)=NC(CC(=O)NCCCNC(=O)c1ccc([Si](C)(C)O)cc1)C1NNC(C)N21. The van der Waals surface area contributed by atoms with Gasteiger partial charge >= 0.3 is 0 Å². The number of methoxy groups -OCH3 is 1. The van der Waals surface area contributed by atoms with E-state index in [1.807, 2.05) is 55.6 Å². The Bertz CT molecular complexity index is 1530. The predicted octanol–water partition coefficient (Wildman–Crippen LogP) is 2.89. The molecule has 0 saturated carbocycles. The van der Waals surface area contributed by atoms with Crippen molar-refractivity contribution in [3.63, 3.8) is 0 Å². The number of ether oxygens (including phenoxy) is 1. The minimum absolute atomic E-state index is 0.0468. The van der Waals surface area contributed by atoms with Crippen LogP contribution in [0.5, 0.6) is 5.75 Å². The van der Waals surface area contributed by atoms with E-state index in [2.05, 4.69) is 33.3 Å². The van der Waals surface area contributed by atoms with Crippen molar-refractivity contribution in [1.29, 1.82) is 0 Å². The Balaban J connectivity index is 1.25. The molecule has 5 rings (SSSR count). The number of hydrazine groups is 1. The number of halogens is 1. The van der Waals surface area contributed by atoms with Gasteiger partial charge in [-0.05, 0) is 74.1 Å². The van der Waals surface area contributed by atoms with Gasteiger partial charge in [-0.3, -0.25) is 14.6 Å². The Hall–Kier alpha value is -3.74. The monoisotopic (exact) mass is 634 g/mol. The Morgan fingerprint density at radius 3 is 2.41 bits per heavy atom. The fraction of sp³-hybridized carbons (Fsp3) is 0.344. The van der Waals surface area contributed by atoms with Gasteiger partial charge < -0.3 is 25.1 Å². The lowest BCUT2D eigenvalue weighted by Gasteiger charge is -2.31. The molecule has 0 aliphatic carbocycles. The lowest BCUT2D eigenvalue weighted by molar-refractivity contribution is -0.121. The Morgan fingerprint density at radius 2 is 1.73 bits per heavy atom. The van der Waals surface area contributed by atoms with E-state index in [0.29, 0.717) is 35.8 Å². The van der Waals surface area contributed by atoms with Crippen LogP contribution in [0.15, 0.2) is 71.7 Å². The minimum atomic E-state index is -2.41. The van der Waals surface area contributed by atoms with Crippen molar-refractivity contribution in [2.24, 2.45) is 4.99 Å². The highest BCUT2D eigenvalue weighted by Crippen LogP contribution is 2.36. The molecule has 1 fully saturated rings. The quantitative estimate of drug-likeness (QED) is 0.171. The molecule has 44 heavy (non-hydrogen) atoms. The van der Waals surface area contributed by atoms with Crippen molar-refractivity contribution < 1.29 is 19.1 Å². The highest BCUT2D eigenvalue weighted by molar-refractivity contribution is 6.83. The average molecular weight is 635 g/mol. The molecular formula is C32H39ClN6O4Si. The maximum atomic E-state index is 13.2. The van der Waals surface area contributed by atoms with Crippen LogP contribution in [0.1, 0.15) is 41.3 Å². The molecule has 5 N–H and O–H groups in total. The van der Waals surface area contributed by atoms with Gasteiger partial charge in [0.05, 0.1) is 31.4 Å². The molecule has 232 valence electrons. The Labute approximate surface area is 264 Å². The molecule has 10 nitrogen and oxygen atoms in total. The molecule has 2 heterocycles. The van der Waals surface area contributed by atoms with Crippen molar-refractivity contribution in [2.75, 3.05) is 25.1 Å². The first-order chi connectivity index (χ1) is 21.0. The van der Waals surface area contributed by atoms with Crippen molar-refractivity contribution >= 4 is 48.3 Å². The minimum Gasteiger partial charge on any atom is -0.497 e. The molecular weight excluding hydrogens is 596 g/mol. The number of hydrogen-bond donors (Lipinski definition) is 5. The van der Waals surface area contributed by atoms with E-state index in [-0.39, 0.29) is 30.6 Å². The summed E-state index contributed by atoms with van der Waals surface area (Å²) in [4.78, 5) is 43.4. The molecule has 2 amide bonds. The first-order valence-electron chi connectivity index (χ1n) is 14.7. The Kier molecular flexibility index (Phi) is 9.71. The van der Waals surface area contributed by atoms with Gasteiger partial charge in [-0.2, -0.15) is 0 Å². The molecule has 3 atom stereocenters. The summed E-state index contributed by atoms with van der Waals surface area (Å²) in [6, 6.07) is 20.1. The number of rotatable bonds is 10. The van der Waals surface area contributed by atoms with Crippen molar-refractivity contribution in [2.45, 2.75) is 51.2 Å². The van der Waals surface area contributed by atoms with Gasteiger partial charge in [-0.25, -0.2) is 10.9 Å². The maximum Gasteiger partial charge on any atom is 0.251 e. The van der Waals surface area contributed by atoms with Gasteiger partial charge in [0.2, 0.25) is 14.2 Å². The first kappa shape index (κ1) is 31.7. The zero-order valence-electron chi connectivity index (χ0n) is 25.4. The number of nitrogens with one attached hydrogen (secondary N) is 4. The smallest absolute Gasteiger partial charge is 0.251 e. The van der Waals surface area contributed by atoms with E-state index in [1.54, 1.807) is 31.4 Å². The van der Waals surface area contributed by atoms with E-state index in [4.69, 9.17) is 21.3 Å². The molecule has 0 radical (unpaired) electrons. The highest BCUT2D eigenvalue weighted by atomic mass is 35.5. The van der Waals surface area contributed by atoms with Crippen molar-refractivity contribution in [1.82, 2.24) is 21.5 Å². The highest BCUT2D eigenvalue weighted by Gasteiger charge is 2.40. The molecule has 1 saturated heterocycles. The van der Waals surface area contributed by atoms with Crippen molar-refractivity contribution in [3.8, 4) is 5.75 Å². The second-order valence-electron chi connectivity index (χ2n) is 11.6. The van der Waals surface area contributed by atoms with E-state index in [0.717, 1.165) is 27.7 Å².